The van der Waals surface area contributed by atoms with Crippen molar-refractivity contribution in [2.24, 2.45) is 0 Å². The molecule has 0 bridgehead atoms. The molecule has 1 aliphatic rings. The lowest BCUT2D eigenvalue weighted by Crippen LogP contribution is -2.45. The molecule has 0 aliphatic carbocycles. The molecule has 2 N–H and O–H groups in total. The summed E-state index contributed by atoms with van der Waals surface area (Å²) in [6.45, 7) is 1.67. The van der Waals surface area contributed by atoms with Crippen LogP contribution in [0.4, 0.5) is 0 Å². The first-order valence-corrected chi connectivity index (χ1v) is 6.44. The molecule has 0 spiro atoms. The lowest BCUT2D eigenvalue weighted by molar-refractivity contribution is -0.122. The van der Waals surface area contributed by atoms with Gasteiger partial charge in [-0.25, -0.2) is 0 Å². The van der Waals surface area contributed by atoms with Gasteiger partial charge < -0.3 is 15.4 Å². The molecule has 1 saturated heterocycles. The predicted octanol–water partition coefficient (Wildman–Crippen LogP) is 1.07. The molecular weight excluding hydrogens is 240 g/mol. The maximum absolute atomic E-state index is 11.1. The topological polar surface area (TPSA) is 50.4 Å². The molecule has 19 heavy (non-hydrogen) atoms. The zero-order valence-electron chi connectivity index (χ0n) is 10.8. The van der Waals surface area contributed by atoms with Crippen molar-refractivity contribution in [3.63, 3.8) is 0 Å². The fourth-order valence-corrected chi connectivity index (χ4v) is 2.07. The highest BCUT2D eigenvalue weighted by atomic mass is 16.5. The number of amides is 1. The molecule has 1 heterocycles. The Balaban J connectivity index is 1.88. The summed E-state index contributed by atoms with van der Waals surface area (Å²) in [6.07, 6.45) is 6.66. The minimum Gasteiger partial charge on any atom is -0.481 e. The van der Waals surface area contributed by atoms with E-state index in [2.05, 4.69) is 16.6 Å². The second-order valence-corrected chi connectivity index (χ2v) is 4.52. The van der Waals surface area contributed by atoms with Gasteiger partial charge in [-0.1, -0.05) is 24.1 Å². The number of benzene rings is 1. The Morgan fingerprint density at radius 2 is 2.32 bits per heavy atom. The second kappa shape index (κ2) is 6.81. The number of hydrogen-bond acceptors (Lipinski definition) is 3. The van der Waals surface area contributed by atoms with E-state index in [1.165, 1.54) is 0 Å². The molecule has 1 atom stereocenters. The normalized spacial score (nSPS) is 18.5. The van der Waals surface area contributed by atoms with E-state index in [0.717, 1.165) is 17.7 Å². The molecule has 1 amide bonds. The van der Waals surface area contributed by atoms with Gasteiger partial charge in [0.2, 0.25) is 5.91 Å². The van der Waals surface area contributed by atoms with Gasteiger partial charge in [0, 0.05) is 31.1 Å². The van der Waals surface area contributed by atoms with Crippen LogP contribution in [0.25, 0.3) is 0 Å². The average Bonchev–Trinajstić information content (AvgIpc) is 2.45. The van der Waals surface area contributed by atoms with Gasteiger partial charge in [0.25, 0.3) is 0 Å². The Morgan fingerprint density at radius 3 is 3.05 bits per heavy atom. The summed E-state index contributed by atoms with van der Waals surface area (Å²) in [5, 5.41) is 6.29. The zero-order chi connectivity index (χ0) is 13.5. The van der Waals surface area contributed by atoms with E-state index in [1.54, 1.807) is 0 Å². The van der Waals surface area contributed by atoms with Gasteiger partial charge >= 0.3 is 0 Å². The minimum absolute atomic E-state index is 0.135. The van der Waals surface area contributed by atoms with Crippen molar-refractivity contribution in [1.29, 1.82) is 0 Å². The number of terminal acetylenes is 1. The van der Waals surface area contributed by atoms with Crippen molar-refractivity contribution in [3.8, 4) is 18.1 Å². The van der Waals surface area contributed by atoms with E-state index < -0.39 is 0 Å². The fourth-order valence-electron chi connectivity index (χ4n) is 2.07. The van der Waals surface area contributed by atoms with Crippen molar-refractivity contribution in [2.75, 3.05) is 13.2 Å². The van der Waals surface area contributed by atoms with Crippen LogP contribution in [0.2, 0.25) is 0 Å². The molecule has 1 aliphatic heterocycles. The van der Waals surface area contributed by atoms with Gasteiger partial charge in [0.1, 0.15) is 12.4 Å². The summed E-state index contributed by atoms with van der Waals surface area (Å²) in [4.78, 5) is 11.1. The zero-order valence-corrected chi connectivity index (χ0v) is 10.8. The van der Waals surface area contributed by atoms with Crippen LogP contribution in [0.3, 0.4) is 0 Å². The number of rotatable bonds is 5. The van der Waals surface area contributed by atoms with Crippen LogP contribution in [0.1, 0.15) is 18.4 Å². The van der Waals surface area contributed by atoms with Gasteiger partial charge in [-0.05, 0) is 12.5 Å². The lowest BCUT2D eigenvalue weighted by Gasteiger charge is -2.24. The number of para-hydroxylation sites is 1. The first-order chi connectivity index (χ1) is 9.29. The number of ether oxygens (including phenoxy) is 1. The SMILES string of the molecule is C#CCOc1ccccc1CNC1CCC(=O)NC1. The van der Waals surface area contributed by atoms with Crippen LogP contribution in [0.15, 0.2) is 24.3 Å². The number of nitrogens with one attached hydrogen (secondary N) is 2. The van der Waals surface area contributed by atoms with Gasteiger partial charge in [-0.3, -0.25) is 4.79 Å². The first-order valence-electron chi connectivity index (χ1n) is 6.44. The molecule has 1 aromatic carbocycles. The van der Waals surface area contributed by atoms with Crippen LogP contribution in [0.5, 0.6) is 5.75 Å². The summed E-state index contributed by atoms with van der Waals surface area (Å²) in [6, 6.07) is 8.15. The molecule has 1 unspecified atom stereocenters. The van der Waals surface area contributed by atoms with E-state index in [-0.39, 0.29) is 12.5 Å². The summed E-state index contributed by atoms with van der Waals surface area (Å²) in [7, 11) is 0. The quantitative estimate of drug-likeness (QED) is 0.777. The van der Waals surface area contributed by atoms with Gasteiger partial charge in [-0.15, -0.1) is 6.42 Å². The fraction of sp³-hybridized carbons (Fsp3) is 0.400. The van der Waals surface area contributed by atoms with Gasteiger partial charge in [-0.2, -0.15) is 0 Å². The average molecular weight is 258 g/mol. The van der Waals surface area contributed by atoms with E-state index in [9.17, 15) is 4.79 Å². The maximum Gasteiger partial charge on any atom is 0.220 e. The highest BCUT2D eigenvalue weighted by Gasteiger charge is 2.17. The van der Waals surface area contributed by atoms with Crippen molar-refractivity contribution in [1.82, 2.24) is 10.6 Å². The maximum atomic E-state index is 11.1. The summed E-state index contributed by atoms with van der Waals surface area (Å²) in [5.74, 6) is 3.41. The van der Waals surface area contributed by atoms with Crippen LogP contribution in [0, 0.1) is 12.3 Å². The van der Waals surface area contributed by atoms with Crippen LogP contribution in [-0.4, -0.2) is 25.1 Å². The van der Waals surface area contributed by atoms with E-state index in [4.69, 9.17) is 11.2 Å². The highest BCUT2D eigenvalue weighted by molar-refractivity contribution is 5.76. The largest absolute Gasteiger partial charge is 0.481 e. The second-order valence-electron chi connectivity index (χ2n) is 4.52. The number of hydrogen-bond donors (Lipinski definition) is 2. The smallest absolute Gasteiger partial charge is 0.220 e. The molecule has 2 rings (SSSR count). The number of carbonyl (C=O) groups excluding carboxylic acids is 1. The summed E-state index contributed by atoms with van der Waals surface area (Å²) >= 11 is 0. The van der Waals surface area contributed by atoms with E-state index >= 15 is 0 Å². The molecule has 0 saturated carbocycles. The summed E-state index contributed by atoms with van der Waals surface area (Å²) < 4.78 is 5.50. The molecule has 100 valence electrons. The monoisotopic (exact) mass is 258 g/mol. The van der Waals surface area contributed by atoms with Gasteiger partial charge in [0.15, 0.2) is 0 Å². The van der Waals surface area contributed by atoms with E-state index in [0.29, 0.717) is 25.6 Å². The van der Waals surface area contributed by atoms with Gasteiger partial charge in [0.05, 0.1) is 0 Å². The molecule has 4 nitrogen and oxygen atoms in total. The third kappa shape index (κ3) is 4.01. The molecule has 1 fully saturated rings. The molecule has 0 radical (unpaired) electrons. The Labute approximate surface area is 113 Å². The Bertz CT molecular complexity index is 469. The Hall–Kier alpha value is -1.99. The highest BCUT2D eigenvalue weighted by Crippen LogP contribution is 2.18. The van der Waals surface area contributed by atoms with Crippen molar-refractivity contribution in [2.45, 2.75) is 25.4 Å². The lowest BCUT2D eigenvalue weighted by atomic mass is 10.1. The standard InChI is InChI=1S/C15H18N2O2/c1-2-9-19-14-6-4-3-5-12(14)10-16-13-7-8-15(18)17-11-13/h1,3-6,13,16H,7-11H2,(H,17,18). The third-order valence-electron chi connectivity index (χ3n) is 3.13. The Kier molecular flexibility index (Phi) is 4.82. The van der Waals surface area contributed by atoms with Crippen molar-refractivity contribution >= 4 is 5.91 Å². The molecular formula is C15H18N2O2. The molecule has 0 aromatic heterocycles. The number of piperidine rings is 1. The number of carbonyl (C=O) groups is 1. The van der Waals surface area contributed by atoms with Crippen LogP contribution < -0.4 is 15.4 Å². The van der Waals surface area contributed by atoms with Crippen LogP contribution in [-0.2, 0) is 11.3 Å². The summed E-state index contributed by atoms with van der Waals surface area (Å²) in [5.41, 5.74) is 1.08. The first kappa shape index (κ1) is 13.4. The van der Waals surface area contributed by atoms with Crippen molar-refractivity contribution < 1.29 is 9.53 Å². The van der Waals surface area contributed by atoms with Crippen molar-refractivity contribution in [3.05, 3.63) is 29.8 Å². The molecule has 4 heteroatoms. The Morgan fingerprint density at radius 1 is 1.47 bits per heavy atom. The molecule has 1 aromatic rings. The minimum atomic E-state index is 0.135. The van der Waals surface area contributed by atoms with E-state index in [1.807, 2.05) is 24.3 Å². The van der Waals surface area contributed by atoms with Crippen LogP contribution >= 0.6 is 0 Å². The predicted molar refractivity (Wildman–Crippen MR) is 73.6 cm³/mol. The third-order valence-corrected chi connectivity index (χ3v) is 3.13.